The minimum absolute atomic E-state index is 0.0726. The van der Waals surface area contributed by atoms with E-state index in [9.17, 15) is 4.79 Å². The van der Waals surface area contributed by atoms with Gasteiger partial charge >= 0.3 is 0 Å². The highest BCUT2D eigenvalue weighted by Gasteiger charge is 2.04. The molecular formula is C13H20N2OS. The third kappa shape index (κ3) is 5.13. The Hall–Kier alpha value is -1.16. The number of carbonyl (C=O) groups excluding carboxylic acids is 1. The van der Waals surface area contributed by atoms with Gasteiger partial charge in [-0.05, 0) is 31.0 Å². The van der Waals surface area contributed by atoms with E-state index in [0.29, 0.717) is 5.75 Å². The zero-order valence-electron chi connectivity index (χ0n) is 10.5. The lowest BCUT2D eigenvalue weighted by atomic mass is 10.2. The first kappa shape index (κ1) is 13.9. The van der Waals surface area contributed by atoms with Crippen molar-refractivity contribution in [3.05, 3.63) is 23.8 Å². The lowest BCUT2D eigenvalue weighted by Crippen LogP contribution is -2.26. The Balaban J connectivity index is 2.37. The zero-order chi connectivity index (χ0) is 12.7. The van der Waals surface area contributed by atoms with Gasteiger partial charge in [0.1, 0.15) is 0 Å². The third-order valence-corrected chi connectivity index (χ3v) is 3.47. The molecule has 0 aliphatic rings. The molecule has 0 spiro atoms. The molecule has 0 aliphatic heterocycles. The predicted octanol–water partition coefficient (Wildman–Crippen LogP) is 2.59. The number of hydrogen-bond acceptors (Lipinski definition) is 3. The lowest BCUT2D eigenvalue weighted by Gasteiger charge is -2.07. The smallest absolute Gasteiger partial charge is 0.230 e. The highest BCUT2D eigenvalue weighted by molar-refractivity contribution is 8.00. The van der Waals surface area contributed by atoms with Crippen LogP contribution in [0.5, 0.6) is 0 Å². The van der Waals surface area contributed by atoms with E-state index in [4.69, 9.17) is 5.73 Å². The van der Waals surface area contributed by atoms with Crippen LogP contribution in [-0.4, -0.2) is 18.2 Å². The van der Waals surface area contributed by atoms with Crippen LogP contribution in [0.1, 0.15) is 25.3 Å². The molecule has 0 atom stereocenters. The molecule has 0 saturated carbocycles. The quantitative estimate of drug-likeness (QED) is 0.465. The number of thioether (sulfide) groups is 1. The van der Waals surface area contributed by atoms with Crippen molar-refractivity contribution in [2.45, 2.75) is 31.6 Å². The minimum Gasteiger partial charge on any atom is -0.398 e. The molecule has 0 aromatic heterocycles. The molecule has 1 rings (SSSR count). The van der Waals surface area contributed by atoms with E-state index in [1.807, 2.05) is 25.1 Å². The molecule has 1 aromatic rings. The standard InChI is InChI=1S/C13H20N2OS/c1-3-4-7-15-13(16)9-17-12-6-5-10(2)8-11(12)14/h5-6,8H,3-4,7,9,14H2,1-2H3,(H,15,16). The van der Waals surface area contributed by atoms with Gasteiger partial charge in [0, 0.05) is 17.1 Å². The summed E-state index contributed by atoms with van der Waals surface area (Å²) in [6.07, 6.45) is 2.13. The molecule has 0 radical (unpaired) electrons. The number of benzene rings is 1. The van der Waals surface area contributed by atoms with Crippen molar-refractivity contribution in [3.63, 3.8) is 0 Å². The first-order valence-corrected chi connectivity index (χ1v) is 6.87. The van der Waals surface area contributed by atoms with E-state index in [2.05, 4.69) is 12.2 Å². The number of nitrogen functional groups attached to an aromatic ring is 1. The maximum atomic E-state index is 11.5. The van der Waals surface area contributed by atoms with Crippen molar-refractivity contribution < 1.29 is 4.79 Å². The summed E-state index contributed by atoms with van der Waals surface area (Å²) in [4.78, 5) is 12.5. The second-order valence-corrected chi connectivity index (χ2v) is 5.05. The summed E-state index contributed by atoms with van der Waals surface area (Å²) in [5.41, 5.74) is 7.76. The number of hydrogen-bond donors (Lipinski definition) is 2. The molecule has 1 aromatic carbocycles. The molecule has 0 aliphatic carbocycles. The summed E-state index contributed by atoms with van der Waals surface area (Å²) in [5, 5.41) is 2.88. The molecule has 0 unspecified atom stereocenters. The zero-order valence-corrected chi connectivity index (χ0v) is 11.3. The lowest BCUT2D eigenvalue weighted by molar-refractivity contribution is -0.118. The van der Waals surface area contributed by atoms with Crippen LogP contribution in [0.2, 0.25) is 0 Å². The maximum absolute atomic E-state index is 11.5. The van der Waals surface area contributed by atoms with E-state index < -0.39 is 0 Å². The summed E-state index contributed by atoms with van der Waals surface area (Å²) >= 11 is 1.48. The van der Waals surface area contributed by atoms with Gasteiger partial charge in [-0.2, -0.15) is 0 Å². The fourth-order valence-electron chi connectivity index (χ4n) is 1.40. The minimum atomic E-state index is 0.0726. The molecular weight excluding hydrogens is 232 g/mol. The molecule has 3 N–H and O–H groups in total. The van der Waals surface area contributed by atoms with Gasteiger partial charge in [-0.1, -0.05) is 19.4 Å². The van der Waals surface area contributed by atoms with Crippen LogP contribution in [0.25, 0.3) is 0 Å². The normalized spacial score (nSPS) is 10.2. The van der Waals surface area contributed by atoms with Crippen molar-refractivity contribution in [2.24, 2.45) is 0 Å². The van der Waals surface area contributed by atoms with Crippen LogP contribution < -0.4 is 11.1 Å². The second-order valence-electron chi connectivity index (χ2n) is 4.03. The van der Waals surface area contributed by atoms with Gasteiger partial charge in [0.2, 0.25) is 5.91 Å². The fraction of sp³-hybridized carbons (Fsp3) is 0.462. The molecule has 4 heteroatoms. The molecule has 0 heterocycles. The Bertz CT molecular complexity index is 380. The summed E-state index contributed by atoms with van der Waals surface area (Å²) in [6, 6.07) is 5.90. The van der Waals surface area contributed by atoms with Crippen LogP contribution in [-0.2, 0) is 4.79 Å². The summed E-state index contributed by atoms with van der Waals surface area (Å²) in [5.74, 6) is 0.500. The largest absolute Gasteiger partial charge is 0.398 e. The highest BCUT2D eigenvalue weighted by Crippen LogP contribution is 2.25. The molecule has 94 valence electrons. The molecule has 1 amide bonds. The van der Waals surface area contributed by atoms with Crippen LogP contribution in [0, 0.1) is 6.92 Å². The summed E-state index contributed by atoms with van der Waals surface area (Å²) < 4.78 is 0. The average molecular weight is 252 g/mol. The number of carbonyl (C=O) groups is 1. The molecule has 0 fully saturated rings. The van der Waals surface area contributed by atoms with Crippen molar-refractivity contribution in [3.8, 4) is 0 Å². The van der Waals surface area contributed by atoms with Gasteiger partial charge in [0.05, 0.1) is 5.75 Å². The Kier molecular flexibility index (Phi) is 5.91. The number of rotatable bonds is 6. The van der Waals surface area contributed by atoms with Gasteiger partial charge in [-0.15, -0.1) is 11.8 Å². The molecule has 0 saturated heterocycles. The van der Waals surface area contributed by atoms with Crippen molar-refractivity contribution in [2.75, 3.05) is 18.0 Å². The van der Waals surface area contributed by atoms with Crippen molar-refractivity contribution in [1.82, 2.24) is 5.32 Å². The number of anilines is 1. The van der Waals surface area contributed by atoms with Gasteiger partial charge in [-0.3, -0.25) is 4.79 Å². The van der Waals surface area contributed by atoms with Crippen LogP contribution in [0.4, 0.5) is 5.69 Å². The Morgan fingerprint density at radius 2 is 2.24 bits per heavy atom. The number of nitrogens with one attached hydrogen (secondary N) is 1. The van der Waals surface area contributed by atoms with E-state index >= 15 is 0 Å². The van der Waals surface area contributed by atoms with E-state index in [0.717, 1.165) is 35.5 Å². The van der Waals surface area contributed by atoms with Crippen LogP contribution in [0.15, 0.2) is 23.1 Å². The van der Waals surface area contributed by atoms with E-state index in [1.165, 1.54) is 11.8 Å². The molecule has 17 heavy (non-hydrogen) atoms. The Morgan fingerprint density at radius 1 is 1.47 bits per heavy atom. The van der Waals surface area contributed by atoms with Crippen molar-refractivity contribution in [1.29, 1.82) is 0 Å². The van der Waals surface area contributed by atoms with Gasteiger partial charge in [0.25, 0.3) is 0 Å². The van der Waals surface area contributed by atoms with Gasteiger partial charge in [0.15, 0.2) is 0 Å². The summed E-state index contributed by atoms with van der Waals surface area (Å²) in [6.45, 7) is 4.87. The van der Waals surface area contributed by atoms with Gasteiger partial charge in [-0.25, -0.2) is 0 Å². The van der Waals surface area contributed by atoms with Crippen LogP contribution >= 0.6 is 11.8 Å². The number of amides is 1. The first-order valence-electron chi connectivity index (χ1n) is 5.89. The summed E-state index contributed by atoms with van der Waals surface area (Å²) in [7, 11) is 0. The number of aryl methyl sites for hydroxylation is 1. The SMILES string of the molecule is CCCCNC(=O)CSc1ccc(C)cc1N. The second kappa shape index (κ2) is 7.22. The highest BCUT2D eigenvalue weighted by atomic mass is 32.2. The Morgan fingerprint density at radius 3 is 2.88 bits per heavy atom. The van der Waals surface area contributed by atoms with Crippen molar-refractivity contribution >= 4 is 23.4 Å². The Labute approximate surface area is 107 Å². The predicted molar refractivity (Wildman–Crippen MR) is 74.2 cm³/mol. The van der Waals surface area contributed by atoms with Crippen LogP contribution in [0.3, 0.4) is 0 Å². The third-order valence-electron chi connectivity index (χ3n) is 2.38. The molecule has 0 bridgehead atoms. The fourth-order valence-corrected chi connectivity index (χ4v) is 2.18. The van der Waals surface area contributed by atoms with Gasteiger partial charge < -0.3 is 11.1 Å². The average Bonchev–Trinajstić information content (AvgIpc) is 2.28. The number of nitrogens with two attached hydrogens (primary N) is 1. The first-order chi connectivity index (χ1) is 8.13. The monoisotopic (exact) mass is 252 g/mol. The molecule has 3 nitrogen and oxygen atoms in total. The topological polar surface area (TPSA) is 55.1 Å². The van der Waals surface area contributed by atoms with E-state index in [1.54, 1.807) is 0 Å². The number of unbranched alkanes of at least 4 members (excludes halogenated alkanes) is 1. The van der Waals surface area contributed by atoms with E-state index in [-0.39, 0.29) is 5.91 Å². The maximum Gasteiger partial charge on any atom is 0.230 e.